The number of aryl methyl sites for hydroxylation is 1. The van der Waals surface area contributed by atoms with Gasteiger partial charge in [0.1, 0.15) is 0 Å². The predicted octanol–water partition coefficient (Wildman–Crippen LogP) is 14.2. The van der Waals surface area contributed by atoms with Crippen LogP contribution < -0.4 is 10.2 Å². The van der Waals surface area contributed by atoms with Crippen molar-refractivity contribution in [2.75, 3.05) is 24.5 Å². The van der Waals surface area contributed by atoms with Gasteiger partial charge in [-0.05, 0) is 127 Å². The molecular formula is C44H90N4S. The second-order valence-electron chi connectivity index (χ2n) is 16.2. The third-order valence-electron chi connectivity index (χ3n) is 10.3. The van der Waals surface area contributed by atoms with Crippen molar-refractivity contribution >= 4 is 17.5 Å². The van der Waals surface area contributed by atoms with E-state index in [4.69, 9.17) is 0 Å². The van der Waals surface area contributed by atoms with Gasteiger partial charge in [-0.3, -0.25) is 0 Å². The largest absolute Gasteiger partial charge is 0.354 e. The monoisotopic (exact) mass is 707 g/mol. The van der Waals surface area contributed by atoms with Crippen LogP contribution in [-0.2, 0) is 6.42 Å². The van der Waals surface area contributed by atoms with E-state index in [1.807, 2.05) is 34.6 Å². The van der Waals surface area contributed by atoms with Crippen LogP contribution in [0.4, 0.5) is 5.82 Å². The third-order valence-corrected chi connectivity index (χ3v) is 10.8. The third kappa shape index (κ3) is 22.4. The van der Waals surface area contributed by atoms with Crippen LogP contribution in [0.5, 0.6) is 0 Å². The van der Waals surface area contributed by atoms with E-state index in [0.717, 1.165) is 43.8 Å². The average Bonchev–Trinajstić information content (AvgIpc) is 3.54. The Hall–Kier alpha value is -1.20. The number of anilines is 1. The SMILES string of the molecule is C=CC.CC.CC.CC(C)(C)NCCCCc1nsnc1N1CCCCC1.CC=CC(C)(C(C)C(C)CC(C)C)C(C)(C)CCC(C)CC. The molecule has 0 bridgehead atoms. The van der Waals surface area contributed by atoms with Crippen molar-refractivity contribution < 1.29 is 0 Å². The Bertz CT molecular complexity index is 906. The minimum atomic E-state index is 0.223. The van der Waals surface area contributed by atoms with E-state index in [-0.39, 0.29) is 11.0 Å². The van der Waals surface area contributed by atoms with Gasteiger partial charge in [0.05, 0.1) is 17.4 Å². The molecule has 2 heterocycles. The van der Waals surface area contributed by atoms with Crippen LogP contribution in [0.3, 0.4) is 0 Å². The molecule has 1 aromatic heterocycles. The lowest BCUT2D eigenvalue weighted by atomic mass is 9.55. The van der Waals surface area contributed by atoms with Gasteiger partial charge in [-0.2, -0.15) is 8.75 Å². The molecule has 0 saturated carbocycles. The van der Waals surface area contributed by atoms with Crippen LogP contribution in [0.15, 0.2) is 24.8 Å². The fourth-order valence-corrected chi connectivity index (χ4v) is 7.16. The molecule has 49 heavy (non-hydrogen) atoms. The number of rotatable bonds is 16. The lowest BCUT2D eigenvalue weighted by molar-refractivity contribution is 0.0325. The number of nitrogens with one attached hydrogen (secondary N) is 1. The molecule has 0 radical (unpaired) electrons. The summed E-state index contributed by atoms with van der Waals surface area (Å²) < 4.78 is 9.03. The van der Waals surface area contributed by atoms with Gasteiger partial charge in [-0.1, -0.05) is 121 Å². The first kappa shape index (κ1) is 52.2. The first-order valence-electron chi connectivity index (χ1n) is 20.5. The highest BCUT2D eigenvalue weighted by atomic mass is 32.1. The quantitative estimate of drug-likeness (QED) is 0.137. The highest BCUT2D eigenvalue weighted by Crippen LogP contribution is 2.52. The maximum absolute atomic E-state index is 4.52. The Morgan fingerprint density at radius 1 is 0.878 bits per heavy atom. The lowest BCUT2D eigenvalue weighted by Gasteiger charge is -2.49. The summed E-state index contributed by atoms with van der Waals surface area (Å²) in [7, 11) is 0. The van der Waals surface area contributed by atoms with Gasteiger partial charge in [0.25, 0.3) is 0 Å². The molecule has 5 heteroatoms. The topological polar surface area (TPSA) is 41.1 Å². The minimum absolute atomic E-state index is 0.223. The zero-order valence-electron chi connectivity index (χ0n) is 36.7. The predicted molar refractivity (Wildman–Crippen MR) is 228 cm³/mol. The fraction of sp³-hybridized carbons (Fsp3) is 0.864. The van der Waals surface area contributed by atoms with Crippen LogP contribution in [0, 0.1) is 34.5 Å². The van der Waals surface area contributed by atoms with E-state index in [0.29, 0.717) is 11.3 Å². The molecule has 4 nitrogen and oxygen atoms in total. The normalized spacial score (nSPS) is 16.3. The van der Waals surface area contributed by atoms with Crippen molar-refractivity contribution in [2.45, 2.75) is 194 Å². The van der Waals surface area contributed by atoms with Crippen molar-refractivity contribution in [3.63, 3.8) is 0 Å². The van der Waals surface area contributed by atoms with Crippen molar-refractivity contribution in [1.82, 2.24) is 14.1 Å². The van der Waals surface area contributed by atoms with Crippen molar-refractivity contribution in [3.8, 4) is 0 Å². The Labute approximate surface area is 314 Å². The summed E-state index contributed by atoms with van der Waals surface area (Å²) in [5.74, 6) is 4.27. The minimum Gasteiger partial charge on any atom is -0.354 e. The van der Waals surface area contributed by atoms with Gasteiger partial charge in [0.2, 0.25) is 0 Å². The first-order valence-corrected chi connectivity index (χ1v) is 21.2. The fourth-order valence-electron chi connectivity index (χ4n) is 6.55. The van der Waals surface area contributed by atoms with E-state index in [1.165, 1.54) is 81.0 Å². The molecule has 0 aromatic carbocycles. The summed E-state index contributed by atoms with van der Waals surface area (Å²) in [5.41, 5.74) is 2.05. The molecule has 1 fully saturated rings. The molecule has 1 aromatic rings. The standard InChI is InChI=1S/C22H44.C15H28N4S.C3H6.2C2H6/c1-11-14-22(10,20(7)19(6)16-17(3)4)21(8,9)15-13-18(5)12-2;1-15(2,3)16-10-6-5-9-13-14(18-20-17-13)19-11-7-4-8-12-19;1-3-2;2*1-2/h11,14,17-20H,12-13,15-16H2,1-10H3;16H,4-12H2,1-3H3;3H,1H2,2H3;2*1-2H3. The van der Waals surface area contributed by atoms with Crippen LogP contribution in [0.25, 0.3) is 0 Å². The van der Waals surface area contributed by atoms with E-state index in [2.05, 4.69) is 128 Å². The van der Waals surface area contributed by atoms with E-state index < -0.39 is 0 Å². The molecule has 1 N–H and O–H groups in total. The lowest BCUT2D eigenvalue weighted by Crippen LogP contribution is -2.42. The first-order chi connectivity index (χ1) is 23.0. The molecule has 4 atom stereocenters. The van der Waals surface area contributed by atoms with E-state index >= 15 is 0 Å². The molecule has 0 aliphatic carbocycles. The zero-order chi connectivity index (χ0) is 38.7. The molecular weight excluding hydrogens is 617 g/mol. The van der Waals surface area contributed by atoms with E-state index in [9.17, 15) is 0 Å². The summed E-state index contributed by atoms with van der Waals surface area (Å²) >= 11 is 1.37. The summed E-state index contributed by atoms with van der Waals surface area (Å²) in [6.45, 7) is 47.3. The Balaban J connectivity index is -0.000000730. The summed E-state index contributed by atoms with van der Waals surface area (Å²) in [4.78, 5) is 2.43. The van der Waals surface area contributed by atoms with Gasteiger partial charge in [0.15, 0.2) is 5.82 Å². The van der Waals surface area contributed by atoms with Crippen LogP contribution in [0.1, 0.15) is 188 Å². The molecule has 0 amide bonds. The second kappa shape index (κ2) is 29.4. The highest BCUT2D eigenvalue weighted by Gasteiger charge is 2.44. The molecule has 1 aliphatic rings. The number of piperidine rings is 1. The molecule has 292 valence electrons. The molecule has 1 aliphatic heterocycles. The molecule has 4 unspecified atom stereocenters. The van der Waals surface area contributed by atoms with Gasteiger partial charge in [-0.15, -0.1) is 6.58 Å². The van der Waals surface area contributed by atoms with Crippen molar-refractivity contribution in [3.05, 3.63) is 30.5 Å². The summed E-state index contributed by atoms with van der Waals surface area (Å²) in [6.07, 6.45) is 19.3. The average molecular weight is 707 g/mol. The molecule has 2 rings (SSSR count). The maximum atomic E-state index is 4.52. The van der Waals surface area contributed by atoms with Gasteiger partial charge in [-0.25, -0.2) is 0 Å². The second-order valence-corrected chi connectivity index (χ2v) is 16.8. The van der Waals surface area contributed by atoms with Gasteiger partial charge < -0.3 is 10.2 Å². The van der Waals surface area contributed by atoms with E-state index in [1.54, 1.807) is 6.08 Å². The maximum Gasteiger partial charge on any atom is 0.165 e. The molecule has 1 saturated heterocycles. The van der Waals surface area contributed by atoms with Crippen molar-refractivity contribution in [2.24, 2.45) is 34.5 Å². The zero-order valence-corrected chi connectivity index (χ0v) is 37.5. The Kier molecular flexibility index (Phi) is 31.3. The van der Waals surface area contributed by atoms with Crippen LogP contribution in [0.2, 0.25) is 0 Å². The number of hydrogen-bond donors (Lipinski definition) is 1. The summed E-state index contributed by atoms with van der Waals surface area (Å²) in [6, 6.07) is 0. The number of nitrogens with zero attached hydrogens (tertiary/aromatic N) is 3. The van der Waals surface area contributed by atoms with Crippen LogP contribution in [-0.4, -0.2) is 33.9 Å². The smallest absolute Gasteiger partial charge is 0.165 e. The number of allylic oxidation sites excluding steroid dienone is 3. The number of aromatic nitrogens is 2. The summed E-state index contributed by atoms with van der Waals surface area (Å²) in [5, 5.41) is 3.54. The Morgan fingerprint density at radius 3 is 1.90 bits per heavy atom. The highest BCUT2D eigenvalue weighted by molar-refractivity contribution is 6.99. The van der Waals surface area contributed by atoms with Crippen LogP contribution >= 0.6 is 11.7 Å². The molecule has 0 spiro atoms. The number of hydrogen-bond acceptors (Lipinski definition) is 5. The Morgan fingerprint density at radius 2 is 1.43 bits per heavy atom. The van der Waals surface area contributed by atoms with Crippen molar-refractivity contribution in [1.29, 1.82) is 0 Å². The number of unbranched alkanes of at least 4 members (excludes halogenated alkanes) is 1. The van der Waals surface area contributed by atoms with Gasteiger partial charge in [0, 0.05) is 18.6 Å². The van der Waals surface area contributed by atoms with Gasteiger partial charge >= 0.3 is 0 Å².